The molecule has 7 heteroatoms. The minimum atomic E-state index is 0.378. The van der Waals surface area contributed by atoms with Gasteiger partial charge < -0.3 is 14.5 Å². The second-order valence-electron chi connectivity index (χ2n) is 6.72. The van der Waals surface area contributed by atoms with Gasteiger partial charge in [0.1, 0.15) is 23.5 Å². The molecule has 2 saturated heterocycles. The molecule has 0 amide bonds. The van der Waals surface area contributed by atoms with E-state index in [9.17, 15) is 5.26 Å². The van der Waals surface area contributed by atoms with Crippen LogP contribution in [0.25, 0.3) is 0 Å². The van der Waals surface area contributed by atoms with Gasteiger partial charge in [0, 0.05) is 51.0 Å². The Hall–Kier alpha value is -2.72. The van der Waals surface area contributed by atoms with E-state index in [1.165, 1.54) is 0 Å². The summed E-state index contributed by atoms with van der Waals surface area (Å²) in [5, 5.41) is 9.29. The fraction of sp³-hybridized carbons (Fsp3) is 0.474. The molecule has 0 spiro atoms. The van der Waals surface area contributed by atoms with Gasteiger partial charge in [-0.3, -0.25) is 0 Å². The fourth-order valence-corrected chi connectivity index (χ4v) is 3.60. The molecular formula is C19H22N6O. The molecule has 0 radical (unpaired) electrons. The van der Waals surface area contributed by atoms with Gasteiger partial charge in [0.05, 0.1) is 17.9 Å². The predicted molar refractivity (Wildman–Crippen MR) is 98.3 cm³/mol. The average molecular weight is 350 g/mol. The molecule has 26 heavy (non-hydrogen) atoms. The van der Waals surface area contributed by atoms with E-state index in [0.29, 0.717) is 11.5 Å². The van der Waals surface area contributed by atoms with Crippen LogP contribution in [0.15, 0.2) is 24.4 Å². The SMILES string of the molecule is Cc1nc([C@@H]2CCOC2)cc(N2CCN(c3ncccc3C#N)CC2)n1. The molecule has 134 valence electrons. The highest BCUT2D eigenvalue weighted by Gasteiger charge is 2.24. The van der Waals surface area contributed by atoms with Crippen molar-refractivity contribution < 1.29 is 4.74 Å². The number of rotatable bonds is 3. The highest BCUT2D eigenvalue weighted by atomic mass is 16.5. The number of piperazine rings is 1. The number of ether oxygens (including phenoxy) is 1. The third kappa shape index (κ3) is 3.33. The second kappa shape index (κ2) is 7.26. The standard InChI is InChI=1S/C19H22N6O/c1-14-22-17(16-4-10-26-13-16)11-18(23-14)24-6-8-25(9-7-24)19-15(12-20)3-2-5-21-19/h2-3,5,11,16H,4,6-10,13H2,1H3/t16-/m1/s1. The first kappa shape index (κ1) is 16.7. The highest BCUT2D eigenvalue weighted by molar-refractivity contribution is 5.55. The quantitative estimate of drug-likeness (QED) is 0.836. The van der Waals surface area contributed by atoms with Crippen LogP contribution < -0.4 is 9.80 Å². The number of hydrogen-bond donors (Lipinski definition) is 0. The summed E-state index contributed by atoms with van der Waals surface area (Å²) in [4.78, 5) is 18.1. The fourth-order valence-electron chi connectivity index (χ4n) is 3.60. The largest absolute Gasteiger partial charge is 0.381 e. The van der Waals surface area contributed by atoms with E-state index in [1.807, 2.05) is 13.0 Å². The summed E-state index contributed by atoms with van der Waals surface area (Å²) in [6, 6.07) is 7.97. The van der Waals surface area contributed by atoms with Crippen LogP contribution in [-0.2, 0) is 4.74 Å². The molecule has 0 N–H and O–H groups in total. The van der Waals surface area contributed by atoms with Crippen molar-refractivity contribution in [3.05, 3.63) is 41.5 Å². The van der Waals surface area contributed by atoms with Crippen LogP contribution in [-0.4, -0.2) is 54.3 Å². The van der Waals surface area contributed by atoms with Crippen LogP contribution in [0.3, 0.4) is 0 Å². The van der Waals surface area contributed by atoms with Crippen molar-refractivity contribution in [1.82, 2.24) is 15.0 Å². The maximum Gasteiger partial charge on any atom is 0.146 e. The van der Waals surface area contributed by atoms with Gasteiger partial charge in [0.2, 0.25) is 0 Å². The van der Waals surface area contributed by atoms with Gasteiger partial charge in [-0.15, -0.1) is 0 Å². The number of hydrogen-bond acceptors (Lipinski definition) is 7. The first-order valence-corrected chi connectivity index (χ1v) is 9.03. The second-order valence-corrected chi connectivity index (χ2v) is 6.72. The molecule has 7 nitrogen and oxygen atoms in total. The Balaban J connectivity index is 1.49. The van der Waals surface area contributed by atoms with Crippen molar-refractivity contribution in [1.29, 1.82) is 5.26 Å². The van der Waals surface area contributed by atoms with E-state index >= 15 is 0 Å². The lowest BCUT2D eigenvalue weighted by molar-refractivity contribution is 0.193. The minimum Gasteiger partial charge on any atom is -0.381 e. The minimum absolute atomic E-state index is 0.378. The lowest BCUT2D eigenvalue weighted by Gasteiger charge is -2.36. The summed E-state index contributed by atoms with van der Waals surface area (Å²) >= 11 is 0. The van der Waals surface area contributed by atoms with Crippen molar-refractivity contribution in [2.45, 2.75) is 19.3 Å². The Morgan fingerprint density at radius 3 is 2.73 bits per heavy atom. The topological polar surface area (TPSA) is 78.2 Å². The number of aromatic nitrogens is 3. The smallest absolute Gasteiger partial charge is 0.146 e. The molecular weight excluding hydrogens is 328 g/mol. The van der Waals surface area contributed by atoms with E-state index in [-0.39, 0.29) is 0 Å². The molecule has 4 heterocycles. The molecule has 0 aliphatic carbocycles. The number of nitriles is 1. The van der Waals surface area contributed by atoms with Crippen LogP contribution >= 0.6 is 0 Å². The summed E-state index contributed by atoms with van der Waals surface area (Å²) < 4.78 is 5.51. The molecule has 2 aromatic rings. The Morgan fingerprint density at radius 2 is 2.00 bits per heavy atom. The molecule has 0 bridgehead atoms. The molecule has 0 saturated carbocycles. The zero-order chi connectivity index (χ0) is 17.9. The van der Waals surface area contributed by atoms with Crippen molar-refractivity contribution in [3.8, 4) is 6.07 Å². The molecule has 1 atom stereocenters. The number of anilines is 2. The van der Waals surface area contributed by atoms with Crippen LogP contribution in [0.2, 0.25) is 0 Å². The van der Waals surface area contributed by atoms with Gasteiger partial charge >= 0.3 is 0 Å². The van der Waals surface area contributed by atoms with E-state index in [1.54, 1.807) is 12.3 Å². The highest BCUT2D eigenvalue weighted by Crippen LogP contribution is 2.27. The predicted octanol–water partition coefficient (Wildman–Crippen LogP) is 1.88. The van der Waals surface area contributed by atoms with Gasteiger partial charge in [-0.1, -0.05) is 0 Å². The molecule has 4 rings (SSSR count). The summed E-state index contributed by atoms with van der Waals surface area (Å²) in [5.74, 6) is 2.95. The molecule has 0 unspecified atom stereocenters. The van der Waals surface area contributed by atoms with E-state index in [0.717, 1.165) is 69.0 Å². The third-order valence-electron chi connectivity index (χ3n) is 5.00. The number of nitrogens with zero attached hydrogens (tertiary/aromatic N) is 6. The Kier molecular flexibility index (Phi) is 4.67. The van der Waals surface area contributed by atoms with Crippen molar-refractivity contribution in [2.24, 2.45) is 0 Å². The van der Waals surface area contributed by atoms with E-state index < -0.39 is 0 Å². The maximum absolute atomic E-state index is 9.29. The van der Waals surface area contributed by atoms with Crippen molar-refractivity contribution in [2.75, 3.05) is 49.2 Å². The summed E-state index contributed by atoms with van der Waals surface area (Å²) in [7, 11) is 0. The first-order valence-electron chi connectivity index (χ1n) is 9.03. The van der Waals surface area contributed by atoms with Gasteiger partial charge in [-0.2, -0.15) is 5.26 Å². The average Bonchev–Trinajstić information content (AvgIpc) is 3.22. The molecule has 2 aliphatic rings. The first-order chi connectivity index (χ1) is 12.7. The summed E-state index contributed by atoms with van der Waals surface area (Å²) in [5.41, 5.74) is 1.71. The lowest BCUT2D eigenvalue weighted by Crippen LogP contribution is -2.47. The molecule has 2 fully saturated rings. The molecule has 2 aliphatic heterocycles. The molecule has 2 aromatic heterocycles. The summed E-state index contributed by atoms with van der Waals surface area (Å²) in [6.45, 7) is 6.84. The van der Waals surface area contributed by atoms with Crippen molar-refractivity contribution in [3.63, 3.8) is 0 Å². The van der Waals surface area contributed by atoms with Crippen LogP contribution in [0.1, 0.15) is 29.4 Å². The van der Waals surface area contributed by atoms with Crippen LogP contribution in [0.4, 0.5) is 11.6 Å². The Labute approximate surface area is 153 Å². The van der Waals surface area contributed by atoms with Crippen LogP contribution in [0.5, 0.6) is 0 Å². The van der Waals surface area contributed by atoms with E-state index in [2.05, 4.69) is 36.9 Å². The van der Waals surface area contributed by atoms with Crippen molar-refractivity contribution >= 4 is 11.6 Å². The molecule has 0 aromatic carbocycles. The van der Waals surface area contributed by atoms with Gasteiger partial charge in [-0.05, 0) is 25.5 Å². The van der Waals surface area contributed by atoms with Gasteiger partial charge in [-0.25, -0.2) is 15.0 Å². The zero-order valence-electron chi connectivity index (χ0n) is 14.9. The Bertz CT molecular complexity index is 819. The maximum atomic E-state index is 9.29. The monoisotopic (exact) mass is 350 g/mol. The van der Waals surface area contributed by atoms with Gasteiger partial charge in [0.15, 0.2) is 0 Å². The number of aryl methyl sites for hydroxylation is 1. The third-order valence-corrected chi connectivity index (χ3v) is 5.00. The number of pyridine rings is 1. The summed E-state index contributed by atoms with van der Waals surface area (Å²) in [6.07, 6.45) is 2.77. The van der Waals surface area contributed by atoms with Gasteiger partial charge in [0.25, 0.3) is 0 Å². The normalized spacial score (nSPS) is 20.2. The Morgan fingerprint density at radius 1 is 1.19 bits per heavy atom. The zero-order valence-corrected chi connectivity index (χ0v) is 14.9. The van der Waals surface area contributed by atoms with Crippen LogP contribution in [0, 0.1) is 18.3 Å². The van der Waals surface area contributed by atoms with E-state index in [4.69, 9.17) is 4.74 Å². The lowest BCUT2D eigenvalue weighted by atomic mass is 10.0.